The van der Waals surface area contributed by atoms with Gasteiger partial charge in [0, 0.05) is 28.3 Å². The van der Waals surface area contributed by atoms with Gasteiger partial charge in [0.25, 0.3) is 5.69 Å². The van der Waals surface area contributed by atoms with Crippen molar-refractivity contribution in [3.05, 3.63) is 63.7 Å². The predicted molar refractivity (Wildman–Crippen MR) is 77.2 cm³/mol. The van der Waals surface area contributed by atoms with Gasteiger partial charge in [-0.1, -0.05) is 11.8 Å². The lowest BCUT2D eigenvalue weighted by Gasteiger charge is -1.97. The van der Waals surface area contributed by atoms with Crippen LogP contribution in [0.1, 0.15) is 11.1 Å². The summed E-state index contributed by atoms with van der Waals surface area (Å²) in [4.78, 5) is 11.1. The number of benzene rings is 2. The number of anilines is 1. The van der Waals surface area contributed by atoms with E-state index in [-0.39, 0.29) is 5.69 Å². The SMILES string of the molecule is Nc1ccc([N+](=O)[O-])cc1C#Cc1ccc(S)cc1. The largest absolute Gasteiger partial charge is 0.398 e. The van der Waals surface area contributed by atoms with Crippen LogP contribution in [0, 0.1) is 22.0 Å². The van der Waals surface area contributed by atoms with E-state index in [0.717, 1.165) is 10.5 Å². The van der Waals surface area contributed by atoms with Crippen molar-refractivity contribution in [2.75, 3.05) is 5.73 Å². The third-order valence-corrected chi connectivity index (χ3v) is 2.75. The van der Waals surface area contributed by atoms with Gasteiger partial charge in [-0.3, -0.25) is 10.1 Å². The van der Waals surface area contributed by atoms with Crippen molar-refractivity contribution >= 4 is 24.0 Å². The summed E-state index contributed by atoms with van der Waals surface area (Å²) in [6.07, 6.45) is 0. The third kappa shape index (κ3) is 3.27. The van der Waals surface area contributed by atoms with E-state index in [1.165, 1.54) is 18.2 Å². The highest BCUT2D eigenvalue weighted by atomic mass is 32.1. The second kappa shape index (κ2) is 5.46. The van der Waals surface area contributed by atoms with Crippen LogP contribution in [0.2, 0.25) is 0 Å². The maximum atomic E-state index is 10.7. The Labute approximate surface area is 115 Å². The van der Waals surface area contributed by atoms with Crippen molar-refractivity contribution in [1.82, 2.24) is 0 Å². The Morgan fingerprint density at radius 2 is 1.79 bits per heavy atom. The molecule has 19 heavy (non-hydrogen) atoms. The number of rotatable bonds is 1. The zero-order valence-corrected chi connectivity index (χ0v) is 10.7. The number of hydrogen-bond acceptors (Lipinski definition) is 4. The Balaban J connectivity index is 2.36. The molecular weight excluding hydrogens is 260 g/mol. The molecule has 0 spiro atoms. The highest BCUT2D eigenvalue weighted by molar-refractivity contribution is 7.80. The van der Waals surface area contributed by atoms with Crippen LogP contribution in [0.15, 0.2) is 47.4 Å². The van der Waals surface area contributed by atoms with Crippen LogP contribution in [-0.2, 0) is 0 Å². The number of nitrogens with two attached hydrogens (primary N) is 1. The molecular formula is C14H10N2O2S. The minimum atomic E-state index is -0.472. The monoisotopic (exact) mass is 270 g/mol. The molecule has 2 aromatic rings. The van der Waals surface area contributed by atoms with E-state index in [9.17, 15) is 10.1 Å². The minimum absolute atomic E-state index is 0.0239. The molecule has 4 nitrogen and oxygen atoms in total. The first kappa shape index (κ1) is 13.0. The third-order valence-electron chi connectivity index (χ3n) is 2.46. The molecule has 0 aliphatic rings. The van der Waals surface area contributed by atoms with Gasteiger partial charge in [0.05, 0.1) is 10.5 Å². The molecule has 0 amide bonds. The predicted octanol–water partition coefficient (Wildman–Crippen LogP) is 2.87. The Bertz CT molecular complexity index is 685. The number of nitro benzene ring substituents is 1. The first-order valence-corrected chi connectivity index (χ1v) is 5.86. The summed E-state index contributed by atoms with van der Waals surface area (Å²) in [7, 11) is 0. The molecule has 0 saturated heterocycles. The van der Waals surface area contributed by atoms with Crippen LogP contribution in [0.4, 0.5) is 11.4 Å². The summed E-state index contributed by atoms with van der Waals surface area (Å²) < 4.78 is 0. The van der Waals surface area contributed by atoms with E-state index in [4.69, 9.17) is 5.73 Å². The molecule has 2 aromatic carbocycles. The first-order chi connectivity index (χ1) is 9.06. The second-order valence-corrected chi connectivity index (χ2v) is 4.34. The summed E-state index contributed by atoms with van der Waals surface area (Å²) in [5.74, 6) is 5.75. The lowest BCUT2D eigenvalue weighted by Crippen LogP contribution is -1.93. The fourth-order valence-electron chi connectivity index (χ4n) is 1.45. The van der Waals surface area contributed by atoms with Crippen LogP contribution >= 0.6 is 12.6 Å². The summed E-state index contributed by atoms with van der Waals surface area (Å²) in [6, 6.07) is 11.5. The molecule has 0 fully saturated rings. The van der Waals surface area contributed by atoms with Crippen LogP contribution in [-0.4, -0.2) is 4.92 Å². The van der Waals surface area contributed by atoms with Crippen molar-refractivity contribution < 1.29 is 4.92 Å². The van der Waals surface area contributed by atoms with Gasteiger partial charge in [-0.25, -0.2) is 0 Å². The van der Waals surface area contributed by atoms with Crippen molar-refractivity contribution in [1.29, 1.82) is 0 Å². The van der Waals surface area contributed by atoms with Gasteiger partial charge in [-0.2, -0.15) is 0 Å². The molecule has 0 unspecified atom stereocenters. The molecule has 0 aliphatic carbocycles. The molecule has 0 atom stereocenters. The maximum Gasteiger partial charge on any atom is 0.270 e. The number of thiol groups is 1. The molecule has 5 heteroatoms. The molecule has 94 valence electrons. The van der Waals surface area contributed by atoms with Crippen molar-refractivity contribution in [2.24, 2.45) is 0 Å². The highest BCUT2D eigenvalue weighted by Gasteiger charge is 2.07. The lowest BCUT2D eigenvalue weighted by molar-refractivity contribution is -0.384. The van der Waals surface area contributed by atoms with Gasteiger partial charge in [-0.15, -0.1) is 12.6 Å². The van der Waals surface area contributed by atoms with Crippen molar-refractivity contribution in [2.45, 2.75) is 4.90 Å². The van der Waals surface area contributed by atoms with Gasteiger partial charge < -0.3 is 5.73 Å². The average Bonchev–Trinajstić information content (AvgIpc) is 2.39. The molecule has 0 heterocycles. The van der Waals surface area contributed by atoms with Crippen molar-refractivity contribution in [3.8, 4) is 11.8 Å². The Morgan fingerprint density at radius 3 is 2.42 bits per heavy atom. The van der Waals surface area contributed by atoms with Gasteiger partial charge in [-0.05, 0) is 30.3 Å². The normalized spacial score (nSPS) is 9.53. The van der Waals surface area contributed by atoms with Gasteiger partial charge in [0.1, 0.15) is 0 Å². The molecule has 0 bridgehead atoms. The fourth-order valence-corrected chi connectivity index (χ4v) is 1.60. The molecule has 0 aromatic heterocycles. The zero-order valence-electron chi connectivity index (χ0n) is 9.83. The molecule has 0 saturated carbocycles. The smallest absolute Gasteiger partial charge is 0.270 e. The molecule has 0 aliphatic heterocycles. The van der Waals surface area contributed by atoms with Crippen LogP contribution < -0.4 is 5.73 Å². The Morgan fingerprint density at radius 1 is 1.11 bits per heavy atom. The van der Waals surface area contributed by atoms with E-state index < -0.39 is 4.92 Å². The Kier molecular flexibility index (Phi) is 3.74. The van der Waals surface area contributed by atoms with Crippen LogP contribution in [0.25, 0.3) is 0 Å². The van der Waals surface area contributed by atoms with Crippen LogP contribution in [0.5, 0.6) is 0 Å². The number of nitrogen functional groups attached to an aromatic ring is 1. The van der Waals surface area contributed by atoms with Crippen LogP contribution in [0.3, 0.4) is 0 Å². The van der Waals surface area contributed by atoms with E-state index in [1.807, 2.05) is 24.3 Å². The second-order valence-electron chi connectivity index (χ2n) is 3.83. The number of non-ortho nitro benzene ring substituents is 1. The summed E-state index contributed by atoms with van der Waals surface area (Å²) in [5, 5.41) is 10.7. The van der Waals surface area contributed by atoms with Gasteiger partial charge in [0.15, 0.2) is 0 Å². The summed E-state index contributed by atoms with van der Waals surface area (Å²) >= 11 is 4.18. The molecule has 0 radical (unpaired) electrons. The molecule has 2 rings (SSSR count). The lowest BCUT2D eigenvalue weighted by atomic mass is 10.1. The summed E-state index contributed by atoms with van der Waals surface area (Å²) in [6.45, 7) is 0. The number of hydrogen-bond donors (Lipinski definition) is 2. The van der Waals surface area contributed by atoms with Gasteiger partial charge in [0.2, 0.25) is 0 Å². The summed E-state index contributed by atoms with van der Waals surface area (Å²) in [5.41, 5.74) is 7.38. The number of nitro groups is 1. The van der Waals surface area contributed by atoms with E-state index in [0.29, 0.717) is 11.3 Å². The van der Waals surface area contributed by atoms with E-state index in [2.05, 4.69) is 24.5 Å². The standard InChI is InChI=1S/C14H10N2O2S/c15-14-8-5-12(16(17)18)9-11(14)4-1-10-2-6-13(19)7-3-10/h2-3,5-9,19H,15H2. The zero-order chi connectivity index (χ0) is 13.8. The Hall–Kier alpha value is -2.45. The fraction of sp³-hybridized carbons (Fsp3) is 0. The van der Waals surface area contributed by atoms with Gasteiger partial charge >= 0.3 is 0 Å². The average molecular weight is 270 g/mol. The quantitative estimate of drug-likeness (QED) is 0.275. The highest BCUT2D eigenvalue weighted by Crippen LogP contribution is 2.18. The number of nitrogens with zero attached hydrogens (tertiary/aromatic N) is 1. The maximum absolute atomic E-state index is 10.7. The van der Waals surface area contributed by atoms with E-state index >= 15 is 0 Å². The van der Waals surface area contributed by atoms with E-state index in [1.54, 1.807) is 0 Å². The molecule has 2 N–H and O–H groups in total. The van der Waals surface area contributed by atoms with Crippen molar-refractivity contribution in [3.63, 3.8) is 0 Å². The topological polar surface area (TPSA) is 69.2 Å². The minimum Gasteiger partial charge on any atom is -0.398 e. The first-order valence-electron chi connectivity index (χ1n) is 5.41.